The van der Waals surface area contributed by atoms with Gasteiger partial charge >= 0.3 is 5.97 Å². The zero-order chi connectivity index (χ0) is 31.2. The minimum atomic E-state index is -4.31. The van der Waals surface area contributed by atoms with Crippen LogP contribution >= 0.6 is 11.3 Å². The number of nitrogen functional groups attached to an aromatic ring is 1. The number of carboxylic acid groups (broad SMARTS) is 1. The van der Waals surface area contributed by atoms with E-state index in [1.807, 2.05) is 19.1 Å². The highest BCUT2D eigenvalue weighted by molar-refractivity contribution is 7.90. The summed E-state index contributed by atoms with van der Waals surface area (Å²) in [5.41, 5.74) is 10.9. The van der Waals surface area contributed by atoms with Crippen molar-refractivity contribution >= 4 is 43.9 Å². The van der Waals surface area contributed by atoms with E-state index in [1.54, 1.807) is 53.9 Å². The summed E-state index contributed by atoms with van der Waals surface area (Å²) in [5.74, 6) is -1.04. The predicted molar refractivity (Wildman–Crippen MR) is 171 cm³/mol. The molecule has 0 spiro atoms. The van der Waals surface area contributed by atoms with Crippen molar-refractivity contribution < 1.29 is 18.3 Å². The number of fused-ring (bicyclic) bond motifs is 1. The Bertz CT molecular complexity index is 2300. The smallest absolute Gasteiger partial charge is 0.335 e. The number of nitrogens with two attached hydrogens (primary N) is 1. The lowest BCUT2D eigenvalue weighted by Crippen LogP contribution is -2.15. The van der Waals surface area contributed by atoms with Gasteiger partial charge in [-0.2, -0.15) is 10.5 Å². The van der Waals surface area contributed by atoms with Crippen LogP contribution in [-0.2, 0) is 10.0 Å². The first-order valence-corrected chi connectivity index (χ1v) is 15.6. The molecule has 0 unspecified atom stereocenters. The van der Waals surface area contributed by atoms with Gasteiger partial charge in [-0.05, 0) is 72.0 Å². The van der Waals surface area contributed by atoms with Crippen LogP contribution in [0, 0.1) is 29.6 Å². The molecule has 0 atom stereocenters. The van der Waals surface area contributed by atoms with Crippen molar-refractivity contribution in [2.45, 2.75) is 11.8 Å². The summed E-state index contributed by atoms with van der Waals surface area (Å²) in [6, 6.07) is 29.2. The monoisotopic (exact) mass is 614 g/mol. The summed E-state index contributed by atoms with van der Waals surface area (Å²) in [6.45, 7) is 1.86. The summed E-state index contributed by atoms with van der Waals surface area (Å²) in [6.07, 6.45) is 0. The zero-order valence-corrected chi connectivity index (χ0v) is 24.8. The van der Waals surface area contributed by atoms with Crippen LogP contribution in [0.2, 0.25) is 0 Å². The second-order valence-electron chi connectivity index (χ2n) is 10.1. The van der Waals surface area contributed by atoms with Crippen LogP contribution in [0.4, 0.5) is 5.69 Å². The number of carboxylic acids is 1. The number of hydrogen-bond acceptors (Lipinski definition) is 7. The third-order valence-electron chi connectivity index (χ3n) is 7.36. The number of aromatic carboxylic acids is 1. The molecule has 6 rings (SSSR count). The van der Waals surface area contributed by atoms with E-state index in [2.05, 4.69) is 12.1 Å². The number of rotatable bonds is 6. The Labute approximate surface area is 257 Å². The summed E-state index contributed by atoms with van der Waals surface area (Å²) < 4.78 is 30.4. The van der Waals surface area contributed by atoms with Gasteiger partial charge in [0.1, 0.15) is 17.0 Å². The number of aromatic nitrogens is 1. The van der Waals surface area contributed by atoms with E-state index in [4.69, 9.17) is 5.73 Å². The Morgan fingerprint density at radius 3 is 2.25 bits per heavy atom. The fourth-order valence-electron chi connectivity index (χ4n) is 5.33. The Morgan fingerprint density at radius 1 is 0.886 bits per heavy atom. The van der Waals surface area contributed by atoms with Gasteiger partial charge in [0.25, 0.3) is 10.0 Å². The molecule has 2 heterocycles. The van der Waals surface area contributed by atoms with Crippen LogP contribution in [0.15, 0.2) is 101 Å². The molecule has 214 valence electrons. The standard InChI is InChI=1S/C34H22N4O4S2/c1-20-5-11-27(12-6-20)44(41,42)38-32-25(18-35)16-26(37)17-29(32)31(28-13-14-43-30(28)19-36)33(38)24-4-2-3-23(15-24)21-7-9-22(10-8-21)34(39)40/h2-17H,37H2,1H3,(H,39,40). The zero-order valence-electron chi connectivity index (χ0n) is 23.1. The molecule has 0 saturated carbocycles. The number of thiophene rings is 1. The third kappa shape index (κ3) is 4.69. The van der Waals surface area contributed by atoms with Crippen LogP contribution in [0.3, 0.4) is 0 Å². The minimum Gasteiger partial charge on any atom is -0.478 e. The van der Waals surface area contributed by atoms with Crippen molar-refractivity contribution in [3.05, 3.63) is 118 Å². The highest BCUT2D eigenvalue weighted by Gasteiger charge is 2.31. The quantitative estimate of drug-likeness (QED) is 0.187. The van der Waals surface area contributed by atoms with Crippen molar-refractivity contribution in [1.82, 2.24) is 3.97 Å². The van der Waals surface area contributed by atoms with Gasteiger partial charge in [-0.1, -0.05) is 48.0 Å². The molecule has 0 bridgehead atoms. The molecular weight excluding hydrogens is 593 g/mol. The molecule has 2 aromatic heterocycles. The van der Waals surface area contributed by atoms with Gasteiger partial charge < -0.3 is 10.8 Å². The molecule has 0 fully saturated rings. The van der Waals surface area contributed by atoms with Gasteiger partial charge in [0.05, 0.1) is 27.2 Å². The van der Waals surface area contributed by atoms with Gasteiger partial charge in [-0.25, -0.2) is 17.2 Å². The van der Waals surface area contributed by atoms with E-state index < -0.39 is 16.0 Å². The Hall–Kier alpha value is -5.68. The number of carbonyl (C=O) groups is 1. The molecule has 0 saturated heterocycles. The molecule has 0 radical (unpaired) electrons. The number of benzene rings is 4. The minimum absolute atomic E-state index is 0.0276. The molecule has 0 aliphatic heterocycles. The Morgan fingerprint density at radius 2 is 1.59 bits per heavy atom. The van der Waals surface area contributed by atoms with E-state index in [9.17, 15) is 28.8 Å². The maximum atomic E-state index is 14.6. The van der Waals surface area contributed by atoms with Crippen molar-refractivity contribution in [1.29, 1.82) is 10.5 Å². The largest absolute Gasteiger partial charge is 0.478 e. The second-order valence-corrected chi connectivity index (χ2v) is 12.8. The van der Waals surface area contributed by atoms with Crippen LogP contribution in [0.5, 0.6) is 0 Å². The Balaban J connectivity index is 1.77. The number of hydrogen-bond donors (Lipinski definition) is 2. The van der Waals surface area contributed by atoms with Crippen molar-refractivity contribution in [2.75, 3.05) is 5.73 Å². The first-order valence-electron chi connectivity index (χ1n) is 13.3. The predicted octanol–water partition coefficient (Wildman–Crippen LogP) is 7.27. The first kappa shape index (κ1) is 28.4. The summed E-state index contributed by atoms with van der Waals surface area (Å²) >= 11 is 1.23. The summed E-state index contributed by atoms with van der Waals surface area (Å²) in [7, 11) is -4.31. The first-order chi connectivity index (χ1) is 21.1. The average Bonchev–Trinajstić information content (AvgIpc) is 3.63. The third-order valence-corrected chi connectivity index (χ3v) is 9.89. The van der Waals surface area contributed by atoms with Crippen LogP contribution in [-0.4, -0.2) is 23.5 Å². The molecule has 0 amide bonds. The maximum absolute atomic E-state index is 14.6. The van der Waals surface area contributed by atoms with Crippen LogP contribution in [0.1, 0.15) is 26.4 Å². The lowest BCUT2D eigenvalue weighted by molar-refractivity contribution is 0.0697. The van der Waals surface area contributed by atoms with Gasteiger partial charge in [-0.3, -0.25) is 0 Å². The lowest BCUT2D eigenvalue weighted by Gasteiger charge is -2.15. The van der Waals surface area contributed by atoms with E-state index >= 15 is 0 Å². The van der Waals surface area contributed by atoms with E-state index in [0.29, 0.717) is 32.5 Å². The molecular formula is C34H22N4O4S2. The van der Waals surface area contributed by atoms with Gasteiger partial charge in [0, 0.05) is 27.8 Å². The molecule has 8 nitrogen and oxygen atoms in total. The fraction of sp³-hybridized carbons (Fsp3) is 0.0294. The second kappa shape index (κ2) is 10.9. The molecule has 44 heavy (non-hydrogen) atoms. The number of nitriles is 2. The number of nitrogens with zero attached hydrogens (tertiary/aromatic N) is 3. The molecule has 10 heteroatoms. The topological polar surface area (TPSA) is 150 Å². The summed E-state index contributed by atoms with van der Waals surface area (Å²) in [5, 5.41) is 31.7. The van der Waals surface area contributed by atoms with Crippen molar-refractivity contribution in [2.24, 2.45) is 0 Å². The fourth-order valence-corrected chi connectivity index (χ4v) is 7.58. The van der Waals surface area contributed by atoms with Crippen molar-refractivity contribution in [3.8, 4) is 45.6 Å². The van der Waals surface area contributed by atoms with Crippen LogP contribution < -0.4 is 5.73 Å². The van der Waals surface area contributed by atoms with E-state index in [0.717, 1.165) is 11.1 Å². The van der Waals surface area contributed by atoms with Gasteiger partial charge in [-0.15, -0.1) is 11.3 Å². The number of anilines is 1. The van der Waals surface area contributed by atoms with Gasteiger partial charge in [0.15, 0.2) is 0 Å². The Kier molecular flexibility index (Phi) is 7.02. The molecule has 3 N–H and O–H groups in total. The molecule has 0 aliphatic carbocycles. The molecule has 6 aromatic rings. The molecule has 4 aromatic carbocycles. The summed E-state index contributed by atoms with van der Waals surface area (Å²) in [4.78, 5) is 11.8. The van der Waals surface area contributed by atoms with Crippen molar-refractivity contribution in [3.63, 3.8) is 0 Å². The van der Waals surface area contributed by atoms with E-state index in [1.165, 1.54) is 45.6 Å². The number of aryl methyl sites for hydroxylation is 1. The van der Waals surface area contributed by atoms with Crippen LogP contribution in [0.25, 0.3) is 44.4 Å². The van der Waals surface area contributed by atoms with Gasteiger partial charge in [0.2, 0.25) is 0 Å². The lowest BCUT2D eigenvalue weighted by atomic mass is 9.95. The highest BCUT2D eigenvalue weighted by atomic mass is 32.2. The maximum Gasteiger partial charge on any atom is 0.335 e. The average molecular weight is 615 g/mol. The normalized spacial score (nSPS) is 11.2. The molecule has 0 aliphatic rings. The SMILES string of the molecule is Cc1ccc(S(=O)(=O)n2c(-c3cccc(-c4ccc(C(=O)O)cc4)c3)c(-c3ccsc3C#N)c3cc(N)cc(C#N)c32)cc1. The highest BCUT2D eigenvalue weighted by Crippen LogP contribution is 2.47. The van der Waals surface area contributed by atoms with E-state index in [-0.39, 0.29) is 32.9 Å².